The molecule has 3 aromatic rings. The number of carbonyl (C=O) groups excluding carboxylic acids is 3. The minimum atomic E-state index is -0.501. The second-order valence-corrected chi connectivity index (χ2v) is 11.7. The molecule has 2 aliphatic rings. The van der Waals surface area contributed by atoms with Gasteiger partial charge in [-0.3, -0.25) is 14.5 Å². The molecule has 1 spiro atoms. The summed E-state index contributed by atoms with van der Waals surface area (Å²) in [6, 6.07) is 12.5. The molecule has 0 radical (unpaired) electrons. The number of halogens is 2. The van der Waals surface area contributed by atoms with Gasteiger partial charge in [0.15, 0.2) is 5.15 Å². The molecule has 0 saturated carbocycles. The normalized spacial score (nSPS) is 15.5. The van der Waals surface area contributed by atoms with Crippen molar-refractivity contribution in [1.82, 2.24) is 29.6 Å². The predicted octanol–water partition coefficient (Wildman–Crippen LogP) is 3.66. The molecule has 5 rings (SSSR count). The van der Waals surface area contributed by atoms with Crippen LogP contribution in [0.15, 0.2) is 42.5 Å². The van der Waals surface area contributed by atoms with Gasteiger partial charge in [-0.25, -0.2) is 9.78 Å². The van der Waals surface area contributed by atoms with E-state index < -0.39 is 5.54 Å². The van der Waals surface area contributed by atoms with Gasteiger partial charge in [0.2, 0.25) is 5.82 Å². The van der Waals surface area contributed by atoms with Gasteiger partial charge in [-0.2, -0.15) is 0 Å². The summed E-state index contributed by atoms with van der Waals surface area (Å²) in [5, 5.41) is 6.28. The van der Waals surface area contributed by atoms with Gasteiger partial charge < -0.3 is 29.7 Å². The second kappa shape index (κ2) is 11.9. The average molecular weight is 615 g/mol. The van der Waals surface area contributed by atoms with Crippen molar-refractivity contribution in [3.05, 3.63) is 80.8 Å². The molecule has 0 bridgehead atoms. The molecule has 2 N–H and O–H groups in total. The molecule has 11 nitrogen and oxygen atoms in total. The van der Waals surface area contributed by atoms with E-state index in [-0.39, 0.29) is 35.4 Å². The van der Waals surface area contributed by atoms with Crippen molar-refractivity contribution in [3.63, 3.8) is 0 Å². The first-order valence-corrected chi connectivity index (χ1v) is 14.2. The Labute approximate surface area is 254 Å². The summed E-state index contributed by atoms with van der Waals surface area (Å²) in [6.45, 7) is 2.92. The van der Waals surface area contributed by atoms with E-state index in [1.807, 2.05) is 28.8 Å². The van der Waals surface area contributed by atoms with Crippen LogP contribution < -0.4 is 10.6 Å². The third-order valence-electron chi connectivity index (χ3n) is 7.56. The van der Waals surface area contributed by atoms with E-state index in [1.54, 1.807) is 51.3 Å². The van der Waals surface area contributed by atoms with Crippen molar-refractivity contribution < 1.29 is 19.1 Å². The van der Waals surface area contributed by atoms with Crippen molar-refractivity contribution in [2.75, 3.05) is 53.3 Å². The molecule has 1 saturated heterocycles. The molecule has 1 fully saturated rings. The van der Waals surface area contributed by atoms with Crippen molar-refractivity contribution in [2.24, 2.45) is 0 Å². The summed E-state index contributed by atoms with van der Waals surface area (Å²) in [5.41, 5.74) is 3.21. The fraction of sp³-hybridized carbons (Fsp3) is 0.379. The molecule has 0 aliphatic carbocycles. The maximum absolute atomic E-state index is 13.3. The Balaban J connectivity index is 1.29. The van der Waals surface area contributed by atoms with Crippen molar-refractivity contribution in [1.29, 1.82) is 0 Å². The number of fused-ring (bicyclic) bond motifs is 2. The summed E-state index contributed by atoms with van der Waals surface area (Å²) >= 11 is 13.0. The van der Waals surface area contributed by atoms with Crippen LogP contribution >= 0.6 is 23.2 Å². The fourth-order valence-electron chi connectivity index (χ4n) is 5.18. The van der Waals surface area contributed by atoms with Gasteiger partial charge in [-0.15, -0.1) is 0 Å². The first kappa shape index (κ1) is 29.8. The highest BCUT2D eigenvalue weighted by molar-refractivity contribution is 6.33. The predicted molar refractivity (Wildman–Crippen MR) is 160 cm³/mol. The van der Waals surface area contributed by atoms with Gasteiger partial charge in [0.1, 0.15) is 5.54 Å². The lowest BCUT2D eigenvalue weighted by Crippen LogP contribution is -2.63. The van der Waals surface area contributed by atoms with Crippen molar-refractivity contribution in [2.45, 2.75) is 25.2 Å². The molecule has 0 unspecified atom stereocenters. The number of rotatable bonds is 7. The van der Waals surface area contributed by atoms with Gasteiger partial charge >= 0.3 is 6.03 Å². The Morgan fingerprint density at radius 2 is 1.67 bits per heavy atom. The van der Waals surface area contributed by atoms with Gasteiger partial charge in [-0.05, 0) is 35.4 Å². The van der Waals surface area contributed by atoms with Crippen LogP contribution in [0.4, 0.5) is 10.5 Å². The van der Waals surface area contributed by atoms with E-state index in [0.717, 1.165) is 16.8 Å². The number of hydrogen-bond acceptors (Lipinski definition) is 6. The smallest absolute Gasteiger partial charge is 0.321 e. The van der Waals surface area contributed by atoms with E-state index in [9.17, 15) is 14.4 Å². The van der Waals surface area contributed by atoms with Crippen LogP contribution in [0.3, 0.4) is 0 Å². The lowest BCUT2D eigenvalue weighted by molar-refractivity contribution is -0.162. The van der Waals surface area contributed by atoms with Crippen molar-refractivity contribution in [3.8, 4) is 0 Å². The topological polar surface area (TPSA) is 112 Å². The molecule has 4 amide bonds. The second-order valence-electron chi connectivity index (χ2n) is 10.9. The summed E-state index contributed by atoms with van der Waals surface area (Å²) in [5.74, 6) is -0.152. The van der Waals surface area contributed by atoms with Gasteiger partial charge in [0.05, 0.1) is 29.6 Å². The van der Waals surface area contributed by atoms with Crippen LogP contribution in [0.25, 0.3) is 0 Å². The Morgan fingerprint density at radius 1 is 0.976 bits per heavy atom. The molecule has 2 aromatic carbocycles. The number of anilines is 1. The monoisotopic (exact) mass is 613 g/mol. The van der Waals surface area contributed by atoms with Crippen LogP contribution in [-0.4, -0.2) is 90.0 Å². The van der Waals surface area contributed by atoms with Gasteiger partial charge in [-0.1, -0.05) is 41.4 Å². The lowest BCUT2D eigenvalue weighted by atomic mass is 9.88. The molecule has 42 heavy (non-hydrogen) atoms. The molecular formula is C29H33Cl2N7O4. The van der Waals surface area contributed by atoms with E-state index in [1.165, 1.54) is 4.90 Å². The van der Waals surface area contributed by atoms with E-state index >= 15 is 0 Å². The number of urea groups is 1. The summed E-state index contributed by atoms with van der Waals surface area (Å²) in [7, 11) is 6.74. The van der Waals surface area contributed by atoms with Crippen molar-refractivity contribution >= 4 is 46.7 Å². The number of ether oxygens (including phenoxy) is 1. The number of benzene rings is 2. The summed E-state index contributed by atoms with van der Waals surface area (Å²) in [6.07, 6.45) is 0. The Morgan fingerprint density at radius 3 is 2.26 bits per heavy atom. The number of nitrogens with zero attached hydrogens (tertiary/aromatic N) is 5. The zero-order valence-electron chi connectivity index (χ0n) is 23.9. The van der Waals surface area contributed by atoms with Crippen LogP contribution in [0.1, 0.15) is 37.8 Å². The minimum absolute atomic E-state index is 0.0431. The Bertz CT molecular complexity index is 1520. The lowest BCUT2D eigenvalue weighted by Gasteiger charge is -2.52. The van der Waals surface area contributed by atoms with Crippen LogP contribution in [0.5, 0.6) is 0 Å². The quantitative estimate of drug-likeness (QED) is 0.421. The number of hydrogen-bond donors (Lipinski definition) is 2. The van der Waals surface area contributed by atoms with Gasteiger partial charge in [0.25, 0.3) is 11.8 Å². The average Bonchev–Trinajstić information content (AvgIpc) is 3.28. The Kier molecular flexibility index (Phi) is 8.47. The summed E-state index contributed by atoms with van der Waals surface area (Å²) < 4.78 is 7.56. The number of imidazole rings is 1. The zero-order valence-corrected chi connectivity index (χ0v) is 25.4. The number of carbonyl (C=O) groups is 3. The van der Waals surface area contributed by atoms with Crippen LogP contribution in [0, 0.1) is 0 Å². The molecule has 1 aromatic heterocycles. The molecule has 0 atom stereocenters. The Hall–Kier alpha value is -3.64. The fourth-order valence-corrected chi connectivity index (χ4v) is 5.79. The van der Waals surface area contributed by atoms with Crippen LogP contribution in [0.2, 0.25) is 10.2 Å². The highest BCUT2D eigenvalue weighted by Crippen LogP contribution is 2.43. The SMILES string of the molecule is CN(C)C(=O)Nc1ccc(CNC(=O)c2nc(Cl)c3n2CCN(Cc2ccc(C(=O)N(C)C)cc2)C32COC2)cc1Cl. The number of aromatic nitrogens is 2. The third kappa shape index (κ3) is 5.69. The molecule has 3 heterocycles. The molecular weight excluding hydrogens is 581 g/mol. The van der Waals surface area contributed by atoms with E-state index in [2.05, 4.69) is 20.5 Å². The third-order valence-corrected chi connectivity index (χ3v) is 8.14. The molecule has 13 heteroatoms. The highest BCUT2D eigenvalue weighted by atomic mass is 35.5. The zero-order chi connectivity index (χ0) is 30.2. The number of nitrogens with one attached hydrogen (secondary N) is 2. The largest absolute Gasteiger partial charge is 0.377 e. The minimum Gasteiger partial charge on any atom is -0.377 e. The molecule has 2 aliphatic heterocycles. The maximum Gasteiger partial charge on any atom is 0.321 e. The first-order valence-electron chi connectivity index (χ1n) is 13.4. The standard InChI is InChI=1S/C29H33Cl2N7O4/c1-35(2)27(40)20-8-5-18(6-9-20)15-37-11-12-38-23(29(37)16-42-17-29)24(31)34-25(38)26(39)32-14-19-7-10-22(21(30)13-19)33-28(41)36(3)4/h5-10,13H,11-12,14-17H2,1-4H3,(H,32,39)(H,33,41). The maximum atomic E-state index is 13.3. The van der Waals surface area contributed by atoms with E-state index in [4.69, 9.17) is 27.9 Å². The summed E-state index contributed by atoms with van der Waals surface area (Å²) in [4.78, 5) is 47.2. The number of amides is 4. The van der Waals surface area contributed by atoms with E-state index in [0.29, 0.717) is 49.1 Å². The van der Waals surface area contributed by atoms with Gasteiger partial charge in [0, 0.05) is 59.9 Å². The van der Waals surface area contributed by atoms with Crippen LogP contribution in [-0.2, 0) is 29.9 Å². The first-order chi connectivity index (χ1) is 20.0. The highest BCUT2D eigenvalue weighted by Gasteiger charge is 2.52. The molecule has 222 valence electrons.